The summed E-state index contributed by atoms with van der Waals surface area (Å²) in [6, 6.07) is 15.2. The molecule has 1 unspecified atom stereocenters. The Morgan fingerprint density at radius 3 is 2.40 bits per heavy atom. The van der Waals surface area contributed by atoms with Gasteiger partial charge in [-0.05, 0) is 92.0 Å². The van der Waals surface area contributed by atoms with Crippen LogP contribution in [-0.4, -0.2) is 56.8 Å². The number of carbonyl (C=O) groups is 3. The highest BCUT2D eigenvalue weighted by Gasteiger charge is 2.44. The number of unbranched alkanes of at least 4 members (excludes halogenated alkanes) is 1. The molecule has 1 saturated carbocycles. The van der Waals surface area contributed by atoms with Crippen LogP contribution in [0, 0.1) is 34.9 Å². The van der Waals surface area contributed by atoms with E-state index < -0.39 is 23.5 Å². The molecular formula is C41H45FN8O3. The van der Waals surface area contributed by atoms with Crippen molar-refractivity contribution in [2.75, 3.05) is 35.2 Å². The van der Waals surface area contributed by atoms with E-state index in [-0.39, 0.29) is 35.9 Å². The first-order valence-corrected chi connectivity index (χ1v) is 18.7. The number of nitrogens with zero attached hydrogens (tertiary/aromatic N) is 6. The van der Waals surface area contributed by atoms with Gasteiger partial charge in [-0.1, -0.05) is 39.3 Å². The fourth-order valence-corrected chi connectivity index (χ4v) is 7.47. The first-order chi connectivity index (χ1) is 25.7. The summed E-state index contributed by atoms with van der Waals surface area (Å²) in [4.78, 5) is 53.1. The predicted molar refractivity (Wildman–Crippen MR) is 202 cm³/mol. The molecule has 2 fully saturated rings. The van der Waals surface area contributed by atoms with E-state index in [1.807, 2.05) is 49.2 Å². The number of likely N-dealkylation sites (tertiary alicyclic amines) is 1. The Kier molecular flexibility index (Phi) is 10.3. The summed E-state index contributed by atoms with van der Waals surface area (Å²) in [5, 5.41) is 17.3. The molecule has 0 spiro atoms. The van der Waals surface area contributed by atoms with Gasteiger partial charge in [0, 0.05) is 66.3 Å². The Hall–Kier alpha value is -5.57. The number of nitrogens with one attached hydrogen (secondary N) is 2. The third kappa shape index (κ3) is 7.38. The molecule has 274 valence electrons. The van der Waals surface area contributed by atoms with Gasteiger partial charge in [-0.3, -0.25) is 19.3 Å². The van der Waals surface area contributed by atoms with Gasteiger partial charge in [0.1, 0.15) is 29.1 Å². The number of anilines is 3. The van der Waals surface area contributed by atoms with E-state index in [4.69, 9.17) is 4.98 Å². The lowest BCUT2D eigenvalue weighted by Gasteiger charge is -2.34. The highest BCUT2D eigenvalue weighted by molar-refractivity contribution is 6.14. The van der Waals surface area contributed by atoms with Gasteiger partial charge in [0.15, 0.2) is 0 Å². The summed E-state index contributed by atoms with van der Waals surface area (Å²) in [6.45, 7) is 8.19. The van der Waals surface area contributed by atoms with E-state index in [0.717, 1.165) is 72.8 Å². The van der Waals surface area contributed by atoms with Crippen LogP contribution < -0.4 is 15.5 Å². The van der Waals surface area contributed by atoms with Crippen molar-refractivity contribution < 1.29 is 18.8 Å². The number of nitriles is 1. The molecule has 1 aliphatic carbocycles. The number of piperidine rings is 1. The minimum absolute atomic E-state index is 0.0319. The number of carbonyl (C=O) groups excluding carboxylic acids is 3. The summed E-state index contributed by atoms with van der Waals surface area (Å²) >= 11 is 0. The molecule has 12 heteroatoms. The summed E-state index contributed by atoms with van der Waals surface area (Å²) < 4.78 is 16.0. The zero-order chi connectivity index (χ0) is 37.2. The maximum Gasteiger partial charge on any atom is 0.245 e. The number of hydrogen-bond donors (Lipinski definition) is 2. The van der Waals surface area contributed by atoms with Crippen molar-refractivity contribution >= 4 is 46.1 Å². The van der Waals surface area contributed by atoms with E-state index in [0.29, 0.717) is 30.4 Å². The summed E-state index contributed by atoms with van der Waals surface area (Å²) in [5.74, 6) is -1.58. The SMILES string of the molecule is CCCCNc1ncc2c(-c3ccc(NC(=O)C4CC(C5CC5)=C(C#N)N(c5ccc(F)cc5)C4=O)cc3)cn(C3CCN(C(=O)C(C)C)CC3)c2n1. The maximum atomic E-state index is 13.8. The average molecular weight is 717 g/mol. The van der Waals surface area contributed by atoms with E-state index in [1.165, 1.54) is 29.2 Å². The van der Waals surface area contributed by atoms with Gasteiger partial charge in [-0.15, -0.1) is 0 Å². The topological polar surface area (TPSA) is 136 Å². The molecule has 7 rings (SSSR count). The molecule has 1 atom stereocenters. The van der Waals surface area contributed by atoms with Crippen molar-refractivity contribution in [1.82, 2.24) is 19.4 Å². The van der Waals surface area contributed by atoms with Gasteiger partial charge in [0.05, 0.1) is 0 Å². The normalized spacial score (nSPS) is 18.1. The third-order valence-electron chi connectivity index (χ3n) is 10.6. The summed E-state index contributed by atoms with van der Waals surface area (Å²) in [6.07, 6.45) is 9.67. The monoisotopic (exact) mass is 716 g/mol. The van der Waals surface area contributed by atoms with E-state index in [2.05, 4.69) is 39.4 Å². The zero-order valence-corrected chi connectivity index (χ0v) is 30.4. The lowest BCUT2D eigenvalue weighted by atomic mass is 9.88. The molecule has 0 radical (unpaired) electrons. The van der Waals surface area contributed by atoms with E-state index in [1.54, 1.807) is 0 Å². The standard InChI is InChI=1S/C41H45FN8O3/c1-4-5-18-44-41-45-23-34-35(24-49(37(34)47-41)30-16-19-48(20-17-30)39(52)25(2)3)27-8-12-29(13-9-27)46-38(51)33-21-32(26-6-7-26)36(22-43)50(40(33)53)31-14-10-28(42)11-15-31/h8-15,23-26,30,33H,4-7,16-21H2,1-3H3,(H,46,51)(H,44,45,47). The maximum absolute atomic E-state index is 13.8. The molecule has 2 N–H and O–H groups in total. The second-order valence-electron chi connectivity index (χ2n) is 14.6. The zero-order valence-electron chi connectivity index (χ0n) is 30.4. The van der Waals surface area contributed by atoms with E-state index in [9.17, 15) is 24.0 Å². The van der Waals surface area contributed by atoms with Crippen LogP contribution >= 0.6 is 0 Å². The number of fused-ring (bicyclic) bond motifs is 1. The van der Waals surface area contributed by atoms with Gasteiger partial charge in [0.2, 0.25) is 23.7 Å². The summed E-state index contributed by atoms with van der Waals surface area (Å²) in [7, 11) is 0. The second-order valence-corrected chi connectivity index (χ2v) is 14.6. The Balaban J connectivity index is 1.13. The number of allylic oxidation sites excluding steroid dienone is 2. The largest absolute Gasteiger partial charge is 0.354 e. The summed E-state index contributed by atoms with van der Waals surface area (Å²) in [5.41, 5.74) is 4.63. The molecule has 3 amide bonds. The Bertz CT molecular complexity index is 2090. The van der Waals surface area contributed by atoms with Crippen LogP contribution in [0.5, 0.6) is 0 Å². The number of amides is 3. The van der Waals surface area contributed by atoms with E-state index >= 15 is 0 Å². The Morgan fingerprint density at radius 1 is 1.04 bits per heavy atom. The number of benzene rings is 2. The molecule has 2 aromatic heterocycles. The lowest BCUT2D eigenvalue weighted by molar-refractivity contribution is -0.135. The Morgan fingerprint density at radius 2 is 1.75 bits per heavy atom. The minimum Gasteiger partial charge on any atom is -0.354 e. The van der Waals surface area contributed by atoms with Crippen molar-refractivity contribution in [3.8, 4) is 17.2 Å². The molecule has 3 aliphatic rings. The average Bonchev–Trinajstić information content (AvgIpc) is 3.95. The van der Waals surface area contributed by atoms with Gasteiger partial charge in [-0.25, -0.2) is 9.37 Å². The smallest absolute Gasteiger partial charge is 0.245 e. The lowest BCUT2D eigenvalue weighted by Crippen LogP contribution is -2.45. The highest BCUT2D eigenvalue weighted by Crippen LogP contribution is 2.45. The van der Waals surface area contributed by atoms with Crippen molar-refractivity contribution in [1.29, 1.82) is 5.26 Å². The number of rotatable bonds is 11. The fourth-order valence-electron chi connectivity index (χ4n) is 7.47. The molecule has 4 aromatic rings. The van der Waals surface area contributed by atoms with Crippen molar-refractivity contribution in [2.45, 2.75) is 71.8 Å². The quantitative estimate of drug-likeness (QED) is 0.122. The van der Waals surface area contributed by atoms with Crippen LogP contribution in [0.15, 0.2) is 72.2 Å². The molecule has 4 heterocycles. The minimum atomic E-state index is -1.04. The van der Waals surface area contributed by atoms with Crippen LogP contribution in [0.1, 0.15) is 71.8 Å². The third-order valence-corrected chi connectivity index (χ3v) is 10.6. The molecule has 1 saturated heterocycles. The molecule has 2 aliphatic heterocycles. The number of hydrogen-bond acceptors (Lipinski definition) is 7. The molecule has 11 nitrogen and oxygen atoms in total. The van der Waals surface area contributed by atoms with Crippen LogP contribution in [0.2, 0.25) is 0 Å². The predicted octanol–water partition coefficient (Wildman–Crippen LogP) is 7.45. The van der Waals surface area contributed by atoms with Gasteiger partial charge in [-0.2, -0.15) is 10.2 Å². The van der Waals surface area contributed by atoms with Crippen LogP contribution in [0.25, 0.3) is 22.2 Å². The first-order valence-electron chi connectivity index (χ1n) is 18.7. The van der Waals surface area contributed by atoms with Crippen molar-refractivity contribution in [2.24, 2.45) is 17.8 Å². The van der Waals surface area contributed by atoms with Crippen molar-refractivity contribution in [3.05, 3.63) is 78.0 Å². The molecule has 53 heavy (non-hydrogen) atoms. The number of halogens is 1. The van der Waals surface area contributed by atoms with Crippen LogP contribution in [0.4, 0.5) is 21.7 Å². The second kappa shape index (κ2) is 15.2. The number of aromatic nitrogens is 3. The molecule has 2 aromatic carbocycles. The first kappa shape index (κ1) is 35.8. The highest BCUT2D eigenvalue weighted by atomic mass is 19.1. The van der Waals surface area contributed by atoms with Crippen LogP contribution in [0.3, 0.4) is 0 Å². The van der Waals surface area contributed by atoms with Gasteiger partial charge >= 0.3 is 0 Å². The van der Waals surface area contributed by atoms with Crippen LogP contribution in [-0.2, 0) is 14.4 Å². The Labute approximate surface area is 308 Å². The van der Waals surface area contributed by atoms with Crippen molar-refractivity contribution in [3.63, 3.8) is 0 Å². The molecule has 0 bridgehead atoms. The van der Waals surface area contributed by atoms with Gasteiger partial charge < -0.3 is 20.1 Å². The molecular weight excluding hydrogens is 672 g/mol. The van der Waals surface area contributed by atoms with Gasteiger partial charge in [0.25, 0.3) is 0 Å². The fraction of sp³-hybridized carbons (Fsp3) is 0.415.